The van der Waals surface area contributed by atoms with E-state index >= 15 is 0 Å². The van der Waals surface area contributed by atoms with Gasteiger partial charge >= 0.3 is 11.8 Å². The molecule has 0 unspecified atom stereocenters. The molecule has 1 aliphatic rings. The number of carbonyl (C=O) groups excluding carboxylic acids is 1. The number of imidazole rings is 1. The largest absolute Gasteiger partial charge is 0.480 e. The summed E-state index contributed by atoms with van der Waals surface area (Å²) in [6.45, 7) is 1.81. The number of hydrogen-bond acceptors (Lipinski definition) is 5. The number of hydrogen-bond donors (Lipinski definition) is 1. The number of carboxylic acids is 1. The third-order valence-corrected chi connectivity index (χ3v) is 3.31. The van der Waals surface area contributed by atoms with Crippen molar-refractivity contribution in [3.05, 3.63) is 22.1 Å². The standard InChI is InChI=1S/C11H14N4O5/c1-7-12-9(15(19)20)5-13(7)6-10(16)14-4-2-3-8(14)11(17)18/h5,8H,2-4,6H2,1H3,(H,17,18)/t8-/m0/s1. The molecule has 0 aliphatic carbocycles. The van der Waals surface area contributed by atoms with Gasteiger partial charge in [0, 0.05) is 13.5 Å². The van der Waals surface area contributed by atoms with Crippen LogP contribution in [0.5, 0.6) is 0 Å². The van der Waals surface area contributed by atoms with Crippen LogP contribution in [0, 0.1) is 17.0 Å². The number of rotatable bonds is 4. The molecule has 108 valence electrons. The number of likely N-dealkylation sites (tertiary alicyclic amines) is 1. The Kier molecular flexibility index (Phi) is 3.68. The Morgan fingerprint density at radius 1 is 1.60 bits per heavy atom. The van der Waals surface area contributed by atoms with Crippen molar-refractivity contribution in [2.24, 2.45) is 0 Å². The van der Waals surface area contributed by atoms with Crippen LogP contribution in [0.1, 0.15) is 18.7 Å². The minimum Gasteiger partial charge on any atom is -0.480 e. The first kappa shape index (κ1) is 14.0. The third-order valence-electron chi connectivity index (χ3n) is 3.31. The van der Waals surface area contributed by atoms with Crippen LogP contribution in [0.4, 0.5) is 5.82 Å². The monoisotopic (exact) mass is 282 g/mol. The summed E-state index contributed by atoms with van der Waals surface area (Å²) in [6, 6.07) is -0.804. The molecule has 0 radical (unpaired) electrons. The van der Waals surface area contributed by atoms with Crippen LogP contribution in [0.2, 0.25) is 0 Å². The van der Waals surface area contributed by atoms with Gasteiger partial charge in [0.1, 0.15) is 18.8 Å². The number of aliphatic carboxylic acids is 1. The van der Waals surface area contributed by atoms with Crippen LogP contribution in [-0.4, -0.2) is 48.9 Å². The van der Waals surface area contributed by atoms with Crippen molar-refractivity contribution in [3.63, 3.8) is 0 Å². The minimum atomic E-state index is -1.02. The Labute approximate surface area is 114 Å². The number of carboxylic acid groups (broad SMARTS) is 1. The van der Waals surface area contributed by atoms with Gasteiger partial charge in [0.05, 0.1) is 0 Å². The normalized spacial score (nSPS) is 18.2. The van der Waals surface area contributed by atoms with E-state index in [1.54, 1.807) is 6.92 Å². The van der Waals surface area contributed by atoms with E-state index in [9.17, 15) is 19.7 Å². The van der Waals surface area contributed by atoms with Crippen molar-refractivity contribution < 1.29 is 19.6 Å². The SMILES string of the molecule is Cc1nc([N+](=O)[O-])cn1CC(=O)N1CCC[C@H]1C(=O)O. The fraction of sp³-hybridized carbons (Fsp3) is 0.545. The Balaban J connectivity index is 2.11. The van der Waals surface area contributed by atoms with Gasteiger partial charge < -0.3 is 20.1 Å². The zero-order chi connectivity index (χ0) is 14.9. The van der Waals surface area contributed by atoms with Crippen LogP contribution < -0.4 is 0 Å². The molecule has 1 amide bonds. The molecule has 1 aromatic rings. The van der Waals surface area contributed by atoms with Gasteiger partial charge in [-0.15, -0.1) is 0 Å². The van der Waals surface area contributed by atoms with Crippen LogP contribution in [0.3, 0.4) is 0 Å². The second kappa shape index (κ2) is 5.27. The molecule has 0 spiro atoms. The highest BCUT2D eigenvalue weighted by Crippen LogP contribution is 2.19. The molecule has 0 aromatic carbocycles. The highest BCUT2D eigenvalue weighted by Gasteiger charge is 2.34. The van der Waals surface area contributed by atoms with E-state index in [4.69, 9.17) is 5.11 Å². The van der Waals surface area contributed by atoms with Crippen molar-refractivity contribution in [2.75, 3.05) is 6.54 Å². The number of carbonyl (C=O) groups is 2. The van der Waals surface area contributed by atoms with Crippen molar-refractivity contribution >= 4 is 17.7 Å². The zero-order valence-electron chi connectivity index (χ0n) is 10.9. The van der Waals surface area contributed by atoms with E-state index in [0.29, 0.717) is 25.2 Å². The summed E-state index contributed by atoms with van der Waals surface area (Å²) >= 11 is 0. The Morgan fingerprint density at radius 2 is 2.30 bits per heavy atom. The summed E-state index contributed by atoms with van der Waals surface area (Å²) in [5.74, 6) is -1.38. The first-order valence-corrected chi connectivity index (χ1v) is 6.10. The second-order valence-corrected chi connectivity index (χ2v) is 4.61. The fourth-order valence-corrected chi connectivity index (χ4v) is 2.30. The molecule has 1 N–H and O–H groups in total. The maximum atomic E-state index is 12.1. The molecular weight excluding hydrogens is 268 g/mol. The van der Waals surface area contributed by atoms with Gasteiger partial charge in [-0.3, -0.25) is 9.36 Å². The first-order chi connectivity index (χ1) is 9.40. The Hall–Kier alpha value is -2.45. The van der Waals surface area contributed by atoms with E-state index < -0.39 is 16.9 Å². The van der Waals surface area contributed by atoms with E-state index in [2.05, 4.69) is 4.98 Å². The van der Waals surface area contributed by atoms with Crippen LogP contribution in [-0.2, 0) is 16.1 Å². The number of aryl methyl sites for hydroxylation is 1. The molecule has 1 aliphatic heterocycles. The molecule has 1 saturated heterocycles. The average Bonchev–Trinajstić information content (AvgIpc) is 2.96. The van der Waals surface area contributed by atoms with Crippen LogP contribution >= 0.6 is 0 Å². The van der Waals surface area contributed by atoms with Crippen molar-refractivity contribution in [1.29, 1.82) is 0 Å². The van der Waals surface area contributed by atoms with Gasteiger partial charge in [-0.2, -0.15) is 0 Å². The molecular formula is C11H14N4O5. The average molecular weight is 282 g/mol. The van der Waals surface area contributed by atoms with Gasteiger partial charge in [0.2, 0.25) is 11.7 Å². The van der Waals surface area contributed by atoms with Crippen LogP contribution in [0.25, 0.3) is 0 Å². The lowest BCUT2D eigenvalue weighted by Crippen LogP contribution is -2.42. The lowest BCUT2D eigenvalue weighted by atomic mass is 10.2. The van der Waals surface area contributed by atoms with Crippen LogP contribution in [0.15, 0.2) is 6.20 Å². The summed E-state index contributed by atoms with van der Waals surface area (Å²) in [5, 5.41) is 19.6. The molecule has 1 aromatic heterocycles. The number of amides is 1. The molecule has 1 atom stereocenters. The summed E-state index contributed by atoms with van der Waals surface area (Å²) < 4.78 is 1.36. The predicted molar refractivity (Wildman–Crippen MR) is 66.0 cm³/mol. The summed E-state index contributed by atoms with van der Waals surface area (Å²) in [5.41, 5.74) is 0. The maximum absolute atomic E-state index is 12.1. The van der Waals surface area contributed by atoms with Gasteiger partial charge in [-0.1, -0.05) is 0 Å². The quantitative estimate of drug-likeness (QED) is 0.621. The molecule has 1 fully saturated rings. The molecule has 20 heavy (non-hydrogen) atoms. The maximum Gasteiger partial charge on any atom is 0.381 e. The highest BCUT2D eigenvalue weighted by molar-refractivity contribution is 5.84. The van der Waals surface area contributed by atoms with Crippen molar-refractivity contribution in [2.45, 2.75) is 32.4 Å². The molecule has 2 rings (SSSR count). The molecule has 0 saturated carbocycles. The Bertz CT molecular complexity index is 567. The van der Waals surface area contributed by atoms with E-state index in [1.807, 2.05) is 0 Å². The molecule has 0 bridgehead atoms. The summed E-state index contributed by atoms with van der Waals surface area (Å²) in [4.78, 5) is 38.1. The number of nitrogens with zero attached hydrogens (tertiary/aromatic N) is 4. The van der Waals surface area contributed by atoms with E-state index in [-0.39, 0.29) is 18.3 Å². The zero-order valence-corrected chi connectivity index (χ0v) is 10.9. The second-order valence-electron chi connectivity index (χ2n) is 4.61. The topological polar surface area (TPSA) is 119 Å². The third kappa shape index (κ3) is 2.60. The number of nitro groups is 1. The lowest BCUT2D eigenvalue weighted by Gasteiger charge is -2.21. The first-order valence-electron chi connectivity index (χ1n) is 6.10. The minimum absolute atomic E-state index is 0.142. The fourth-order valence-electron chi connectivity index (χ4n) is 2.30. The lowest BCUT2D eigenvalue weighted by molar-refractivity contribution is -0.389. The summed E-state index contributed by atoms with van der Waals surface area (Å²) in [6.07, 6.45) is 2.26. The van der Waals surface area contributed by atoms with Gasteiger partial charge in [-0.05, 0) is 22.7 Å². The van der Waals surface area contributed by atoms with Gasteiger partial charge in [-0.25, -0.2) is 4.79 Å². The molecule has 2 heterocycles. The Morgan fingerprint density at radius 3 is 2.85 bits per heavy atom. The van der Waals surface area contributed by atoms with Gasteiger partial charge in [0.25, 0.3) is 0 Å². The van der Waals surface area contributed by atoms with Gasteiger partial charge in [0.15, 0.2) is 0 Å². The molecule has 9 nitrogen and oxygen atoms in total. The summed E-state index contributed by atoms with van der Waals surface area (Å²) in [7, 11) is 0. The van der Waals surface area contributed by atoms with Crippen molar-refractivity contribution in [3.8, 4) is 0 Å². The number of aromatic nitrogens is 2. The predicted octanol–water partition coefficient (Wildman–Crippen LogP) is 0.175. The van der Waals surface area contributed by atoms with Crippen molar-refractivity contribution in [1.82, 2.24) is 14.5 Å². The smallest absolute Gasteiger partial charge is 0.381 e. The van der Waals surface area contributed by atoms with E-state index in [1.165, 1.54) is 15.7 Å². The molecule has 9 heteroatoms. The highest BCUT2D eigenvalue weighted by atomic mass is 16.6. The van der Waals surface area contributed by atoms with E-state index in [0.717, 1.165) is 0 Å².